The van der Waals surface area contributed by atoms with Crippen LogP contribution >= 0.6 is 23.2 Å². The van der Waals surface area contributed by atoms with Crippen LogP contribution in [0.2, 0.25) is 10.0 Å². The molecule has 0 aliphatic carbocycles. The van der Waals surface area contributed by atoms with Crippen LogP contribution in [0.4, 0.5) is 5.69 Å². The van der Waals surface area contributed by atoms with Gasteiger partial charge in [0.15, 0.2) is 0 Å². The molecule has 0 saturated heterocycles. The van der Waals surface area contributed by atoms with Crippen molar-refractivity contribution in [3.05, 3.63) is 99.0 Å². The number of nitrogens with one attached hydrogen (secondary N) is 2. The molecule has 5 nitrogen and oxygen atoms in total. The van der Waals surface area contributed by atoms with Crippen molar-refractivity contribution >= 4 is 46.4 Å². The van der Waals surface area contributed by atoms with Crippen molar-refractivity contribution in [2.45, 2.75) is 26.7 Å². The molecule has 32 heavy (non-hydrogen) atoms. The zero-order valence-corrected chi connectivity index (χ0v) is 19.5. The Morgan fingerprint density at radius 2 is 1.47 bits per heavy atom. The molecule has 3 aromatic carbocycles. The summed E-state index contributed by atoms with van der Waals surface area (Å²) in [5, 5.41) is 7.72. The van der Waals surface area contributed by atoms with E-state index in [4.69, 9.17) is 23.2 Å². The quantitative estimate of drug-likeness (QED) is 0.319. The van der Waals surface area contributed by atoms with Crippen molar-refractivity contribution < 1.29 is 9.59 Å². The molecule has 0 bridgehead atoms. The second-order valence-electron chi connectivity index (χ2n) is 7.57. The van der Waals surface area contributed by atoms with E-state index in [0.717, 1.165) is 5.56 Å². The van der Waals surface area contributed by atoms with Gasteiger partial charge < -0.3 is 5.32 Å². The molecule has 0 heterocycles. The Bertz CT molecular complexity index is 1150. The molecule has 0 aromatic heterocycles. The smallest absolute Gasteiger partial charge is 0.271 e. The molecule has 0 saturated carbocycles. The first-order valence-electron chi connectivity index (χ1n) is 10.1. The zero-order chi connectivity index (χ0) is 23.3. The minimum atomic E-state index is -0.333. The van der Waals surface area contributed by atoms with Crippen LogP contribution in [0.5, 0.6) is 0 Å². The van der Waals surface area contributed by atoms with E-state index in [2.05, 4.69) is 29.7 Å². The van der Waals surface area contributed by atoms with Gasteiger partial charge in [0.1, 0.15) is 0 Å². The Morgan fingerprint density at radius 1 is 0.844 bits per heavy atom. The Kier molecular flexibility index (Phi) is 7.67. The first-order valence-corrected chi connectivity index (χ1v) is 10.8. The fraction of sp³-hybridized carbons (Fsp3) is 0.160. The Morgan fingerprint density at radius 3 is 2.06 bits per heavy atom. The Hall–Kier alpha value is -3.15. The van der Waals surface area contributed by atoms with Gasteiger partial charge in [-0.15, -0.1) is 0 Å². The van der Waals surface area contributed by atoms with Crippen LogP contribution in [-0.2, 0) is 0 Å². The molecule has 3 rings (SSSR count). The summed E-state index contributed by atoms with van der Waals surface area (Å²) in [5.41, 5.74) is 6.68. The molecule has 0 atom stereocenters. The highest BCUT2D eigenvalue weighted by Gasteiger charge is 2.11. The van der Waals surface area contributed by atoms with Gasteiger partial charge in [-0.3, -0.25) is 9.59 Å². The predicted octanol–water partition coefficient (Wildman–Crippen LogP) is 6.52. The van der Waals surface area contributed by atoms with Crippen LogP contribution in [0.1, 0.15) is 58.5 Å². The summed E-state index contributed by atoms with van der Waals surface area (Å²) < 4.78 is 0. The lowest BCUT2D eigenvalue weighted by atomic mass is 10.0. The summed E-state index contributed by atoms with van der Waals surface area (Å²) in [4.78, 5) is 24.8. The fourth-order valence-corrected chi connectivity index (χ4v) is 3.44. The molecular weight excluding hydrogens is 445 g/mol. The number of carbonyl (C=O) groups is 2. The second-order valence-corrected chi connectivity index (χ2v) is 8.41. The highest BCUT2D eigenvalue weighted by molar-refractivity contribution is 6.37. The maximum absolute atomic E-state index is 12.4. The van der Waals surface area contributed by atoms with Crippen LogP contribution in [0.3, 0.4) is 0 Å². The highest BCUT2D eigenvalue weighted by Crippen LogP contribution is 2.22. The minimum Gasteiger partial charge on any atom is -0.322 e. The lowest BCUT2D eigenvalue weighted by Crippen LogP contribution is -2.19. The number of amides is 2. The third-order valence-electron chi connectivity index (χ3n) is 4.90. The number of rotatable bonds is 6. The summed E-state index contributed by atoms with van der Waals surface area (Å²) in [5.74, 6) is -0.202. The molecule has 0 aliphatic heterocycles. The second kappa shape index (κ2) is 10.4. The molecule has 2 N–H and O–H groups in total. The molecule has 7 heteroatoms. The van der Waals surface area contributed by atoms with Gasteiger partial charge in [0, 0.05) is 16.3 Å². The Balaban J connectivity index is 1.62. The monoisotopic (exact) mass is 467 g/mol. The molecule has 0 spiro atoms. The molecule has 0 aliphatic rings. The van der Waals surface area contributed by atoms with E-state index in [1.165, 1.54) is 11.6 Å². The summed E-state index contributed by atoms with van der Waals surface area (Å²) in [6.07, 6.45) is 0. The van der Waals surface area contributed by atoms with Gasteiger partial charge in [-0.1, -0.05) is 61.3 Å². The van der Waals surface area contributed by atoms with Crippen LogP contribution in [0.25, 0.3) is 0 Å². The van der Waals surface area contributed by atoms with Gasteiger partial charge in [-0.05, 0) is 66.4 Å². The number of hydrogen-bond donors (Lipinski definition) is 2. The lowest BCUT2D eigenvalue weighted by Gasteiger charge is -2.09. The maximum Gasteiger partial charge on any atom is 0.271 e. The number of nitrogens with zero attached hydrogens (tertiary/aromatic N) is 1. The highest BCUT2D eigenvalue weighted by atomic mass is 35.5. The number of hydrazone groups is 1. The molecular formula is C25H23Cl2N3O2. The minimum absolute atomic E-state index is 0.275. The number of halogens is 2. The van der Waals surface area contributed by atoms with E-state index in [1.54, 1.807) is 43.3 Å². The van der Waals surface area contributed by atoms with Gasteiger partial charge in [-0.25, -0.2) is 5.43 Å². The first kappa shape index (κ1) is 23.5. The van der Waals surface area contributed by atoms with Gasteiger partial charge in [0.25, 0.3) is 11.8 Å². The van der Waals surface area contributed by atoms with Crippen LogP contribution in [0.15, 0.2) is 71.8 Å². The topological polar surface area (TPSA) is 70.6 Å². The molecule has 0 fully saturated rings. The first-order chi connectivity index (χ1) is 15.2. The number of benzene rings is 3. The molecule has 3 aromatic rings. The lowest BCUT2D eigenvalue weighted by molar-refractivity contribution is 0.0954. The molecule has 2 amide bonds. The maximum atomic E-state index is 12.4. The largest absolute Gasteiger partial charge is 0.322 e. The van der Waals surface area contributed by atoms with Gasteiger partial charge >= 0.3 is 0 Å². The van der Waals surface area contributed by atoms with Gasteiger partial charge in [0.2, 0.25) is 0 Å². The Labute approximate surface area is 197 Å². The third kappa shape index (κ3) is 5.96. The van der Waals surface area contributed by atoms with Crippen molar-refractivity contribution in [2.75, 3.05) is 5.32 Å². The summed E-state index contributed by atoms with van der Waals surface area (Å²) in [7, 11) is 0. The average Bonchev–Trinajstić information content (AvgIpc) is 2.77. The van der Waals surface area contributed by atoms with Crippen molar-refractivity contribution in [3.8, 4) is 0 Å². The van der Waals surface area contributed by atoms with Crippen LogP contribution < -0.4 is 10.7 Å². The number of anilines is 1. The normalized spacial score (nSPS) is 11.4. The van der Waals surface area contributed by atoms with E-state index in [0.29, 0.717) is 33.5 Å². The van der Waals surface area contributed by atoms with E-state index >= 15 is 0 Å². The molecule has 0 unspecified atom stereocenters. The SMILES string of the molecule is C/C(=N/NC(=O)c1ccc(C(C)C)cc1)c1ccc(NC(=O)c2ccc(Cl)cc2Cl)cc1. The summed E-state index contributed by atoms with van der Waals surface area (Å²) in [6, 6.07) is 19.3. The van der Waals surface area contributed by atoms with Crippen molar-refractivity contribution in [3.63, 3.8) is 0 Å². The standard InChI is InChI=1S/C25H23Cl2N3O2/c1-15(2)17-4-6-19(7-5-17)24(31)30-29-16(3)18-8-11-21(12-9-18)28-25(32)22-13-10-20(26)14-23(22)27/h4-15H,1-3H3,(H,28,32)(H,30,31)/b29-16-. The summed E-state index contributed by atoms with van der Waals surface area (Å²) in [6.45, 7) is 6.00. The van der Waals surface area contributed by atoms with Crippen LogP contribution in [-0.4, -0.2) is 17.5 Å². The predicted molar refractivity (Wildman–Crippen MR) is 131 cm³/mol. The van der Waals surface area contributed by atoms with E-state index < -0.39 is 0 Å². The molecule has 164 valence electrons. The van der Waals surface area contributed by atoms with Crippen molar-refractivity contribution in [1.82, 2.24) is 5.43 Å². The van der Waals surface area contributed by atoms with Gasteiger partial charge in [0.05, 0.1) is 16.3 Å². The van der Waals surface area contributed by atoms with Gasteiger partial charge in [-0.2, -0.15) is 5.10 Å². The van der Waals surface area contributed by atoms with Crippen molar-refractivity contribution in [2.24, 2.45) is 5.10 Å². The molecule has 0 radical (unpaired) electrons. The number of hydrogen-bond acceptors (Lipinski definition) is 3. The average molecular weight is 468 g/mol. The third-order valence-corrected chi connectivity index (χ3v) is 5.45. The summed E-state index contributed by atoms with van der Waals surface area (Å²) >= 11 is 12.0. The van der Waals surface area contributed by atoms with Crippen molar-refractivity contribution in [1.29, 1.82) is 0 Å². The van der Waals surface area contributed by atoms with E-state index in [-0.39, 0.29) is 16.8 Å². The van der Waals surface area contributed by atoms with E-state index in [9.17, 15) is 9.59 Å². The number of carbonyl (C=O) groups excluding carboxylic acids is 2. The fourth-order valence-electron chi connectivity index (χ4n) is 2.95. The zero-order valence-electron chi connectivity index (χ0n) is 17.9. The van der Waals surface area contributed by atoms with Crippen LogP contribution in [0, 0.1) is 0 Å². The van der Waals surface area contributed by atoms with E-state index in [1.807, 2.05) is 24.3 Å².